The minimum atomic E-state index is -3.94. The molecular formula is C15H17N5O4S. The Kier molecular flexibility index (Phi) is 4.31. The van der Waals surface area contributed by atoms with Gasteiger partial charge in [-0.15, -0.1) is 0 Å². The van der Waals surface area contributed by atoms with Gasteiger partial charge in [-0.3, -0.25) is 10.1 Å². The summed E-state index contributed by atoms with van der Waals surface area (Å²) in [7, 11) is -3.94. The molecule has 2 heterocycles. The van der Waals surface area contributed by atoms with Gasteiger partial charge in [-0.2, -0.15) is 4.72 Å². The van der Waals surface area contributed by atoms with Gasteiger partial charge in [0, 0.05) is 0 Å². The van der Waals surface area contributed by atoms with E-state index >= 15 is 0 Å². The maximum atomic E-state index is 12.4. The van der Waals surface area contributed by atoms with Crippen LogP contribution in [0.5, 0.6) is 0 Å². The smallest absolute Gasteiger partial charge is 0.246 e. The van der Waals surface area contributed by atoms with Gasteiger partial charge in [0.05, 0.1) is 17.1 Å². The van der Waals surface area contributed by atoms with Crippen LogP contribution < -0.4 is 10.0 Å². The number of imidazole rings is 1. The first kappa shape index (κ1) is 17.1. The third-order valence-electron chi connectivity index (χ3n) is 3.59. The number of carbonyl (C=O) groups excluding carboxylic acids is 1. The first-order chi connectivity index (χ1) is 11.8. The van der Waals surface area contributed by atoms with E-state index in [-0.39, 0.29) is 22.3 Å². The van der Waals surface area contributed by atoms with Gasteiger partial charge in [0.25, 0.3) is 0 Å². The molecule has 3 aromatic rings. The molecule has 3 N–H and O–H groups in total. The van der Waals surface area contributed by atoms with E-state index < -0.39 is 22.0 Å². The van der Waals surface area contributed by atoms with Crippen molar-refractivity contribution in [1.29, 1.82) is 0 Å². The molecule has 25 heavy (non-hydrogen) atoms. The minimum Gasteiger partial charge on any atom is -0.360 e. The summed E-state index contributed by atoms with van der Waals surface area (Å²) in [5.41, 5.74) is 1.69. The van der Waals surface area contributed by atoms with E-state index in [0.717, 1.165) is 5.52 Å². The molecule has 0 aliphatic heterocycles. The number of rotatable bonds is 5. The average Bonchev–Trinajstić information content (AvgIpc) is 3.09. The summed E-state index contributed by atoms with van der Waals surface area (Å²) in [6.07, 6.45) is 0. The second kappa shape index (κ2) is 6.30. The quantitative estimate of drug-likeness (QED) is 0.629. The van der Waals surface area contributed by atoms with E-state index in [1.165, 1.54) is 20.8 Å². The molecule has 1 atom stereocenters. The summed E-state index contributed by atoms with van der Waals surface area (Å²) >= 11 is 0. The number of benzene rings is 1. The van der Waals surface area contributed by atoms with Crippen LogP contribution in [0.4, 0.5) is 5.95 Å². The molecule has 0 bridgehead atoms. The van der Waals surface area contributed by atoms with Crippen LogP contribution in [0.25, 0.3) is 11.0 Å². The maximum absolute atomic E-state index is 12.4. The fraction of sp³-hybridized carbons (Fsp3) is 0.267. The van der Waals surface area contributed by atoms with Crippen LogP contribution in [0.15, 0.2) is 33.7 Å². The van der Waals surface area contributed by atoms with Crippen molar-refractivity contribution in [2.45, 2.75) is 31.7 Å². The molecule has 2 aromatic heterocycles. The Labute approximate surface area is 143 Å². The zero-order valence-electron chi connectivity index (χ0n) is 13.8. The number of aryl methyl sites for hydroxylation is 2. The van der Waals surface area contributed by atoms with Gasteiger partial charge >= 0.3 is 0 Å². The van der Waals surface area contributed by atoms with E-state index in [4.69, 9.17) is 4.52 Å². The second-order valence-electron chi connectivity index (χ2n) is 5.59. The number of sulfonamides is 1. The molecule has 0 fully saturated rings. The van der Waals surface area contributed by atoms with Crippen molar-refractivity contribution in [2.75, 3.05) is 5.32 Å². The Balaban J connectivity index is 1.74. The highest BCUT2D eigenvalue weighted by Gasteiger charge is 2.28. The largest absolute Gasteiger partial charge is 0.360 e. The van der Waals surface area contributed by atoms with Crippen LogP contribution in [0.3, 0.4) is 0 Å². The SMILES string of the molecule is Cc1noc(C)c1S(=O)(=O)NC(C)C(=O)Nc1nc2ccccc2[nH]1. The van der Waals surface area contributed by atoms with Crippen molar-refractivity contribution in [1.82, 2.24) is 19.8 Å². The van der Waals surface area contributed by atoms with Crippen LogP contribution in [-0.4, -0.2) is 35.5 Å². The molecule has 0 saturated heterocycles. The number of anilines is 1. The van der Waals surface area contributed by atoms with Crippen molar-refractivity contribution >= 4 is 32.9 Å². The van der Waals surface area contributed by atoms with Crippen molar-refractivity contribution in [3.05, 3.63) is 35.7 Å². The summed E-state index contributed by atoms with van der Waals surface area (Å²) < 4.78 is 32.0. The molecule has 10 heteroatoms. The van der Waals surface area contributed by atoms with Crippen LogP contribution in [0, 0.1) is 13.8 Å². The van der Waals surface area contributed by atoms with E-state index in [9.17, 15) is 13.2 Å². The van der Waals surface area contributed by atoms with Crippen molar-refractivity contribution < 1.29 is 17.7 Å². The predicted octanol–water partition coefficient (Wildman–Crippen LogP) is 1.47. The van der Waals surface area contributed by atoms with Gasteiger partial charge in [0.1, 0.15) is 10.6 Å². The lowest BCUT2D eigenvalue weighted by Crippen LogP contribution is -2.41. The molecule has 1 aromatic carbocycles. The van der Waals surface area contributed by atoms with Gasteiger partial charge in [-0.05, 0) is 32.9 Å². The lowest BCUT2D eigenvalue weighted by molar-refractivity contribution is -0.117. The van der Waals surface area contributed by atoms with Gasteiger partial charge in [-0.25, -0.2) is 13.4 Å². The van der Waals surface area contributed by atoms with Crippen LogP contribution in [0.2, 0.25) is 0 Å². The number of nitrogens with zero attached hydrogens (tertiary/aromatic N) is 2. The number of hydrogen-bond donors (Lipinski definition) is 3. The summed E-state index contributed by atoms with van der Waals surface area (Å²) in [6, 6.07) is 6.26. The number of aromatic nitrogens is 3. The maximum Gasteiger partial charge on any atom is 0.246 e. The molecule has 3 rings (SSSR count). The highest BCUT2D eigenvalue weighted by molar-refractivity contribution is 7.89. The van der Waals surface area contributed by atoms with Gasteiger partial charge in [-0.1, -0.05) is 17.3 Å². The molecule has 132 valence electrons. The number of para-hydroxylation sites is 2. The lowest BCUT2D eigenvalue weighted by atomic mass is 10.3. The third-order valence-corrected chi connectivity index (χ3v) is 5.38. The van der Waals surface area contributed by atoms with Crippen molar-refractivity contribution in [2.24, 2.45) is 0 Å². The zero-order chi connectivity index (χ0) is 18.2. The first-order valence-electron chi connectivity index (χ1n) is 7.49. The normalized spacial score (nSPS) is 13.1. The fourth-order valence-electron chi connectivity index (χ4n) is 2.44. The van der Waals surface area contributed by atoms with Crippen LogP contribution in [-0.2, 0) is 14.8 Å². The van der Waals surface area contributed by atoms with E-state index in [1.807, 2.05) is 18.2 Å². The second-order valence-corrected chi connectivity index (χ2v) is 7.24. The Morgan fingerprint density at radius 1 is 1.28 bits per heavy atom. The van der Waals surface area contributed by atoms with E-state index in [2.05, 4.69) is 25.2 Å². The Morgan fingerprint density at radius 3 is 2.64 bits per heavy atom. The molecule has 1 amide bonds. The fourth-order valence-corrected chi connectivity index (χ4v) is 3.97. The summed E-state index contributed by atoms with van der Waals surface area (Å²) in [5, 5.41) is 6.17. The number of hydrogen-bond acceptors (Lipinski definition) is 6. The number of fused-ring (bicyclic) bond motifs is 1. The number of carbonyl (C=O) groups is 1. The third kappa shape index (κ3) is 3.39. The van der Waals surface area contributed by atoms with Crippen molar-refractivity contribution in [3.63, 3.8) is 0 Å². The molecule has 0 aliphatic carbocycles. The Hall–Kier alpha value is -2.72. The van der Waals surface area contributed by atoms with Crippen LogP contribution in [0.1, 0.15) is 18.4 Å². The van der Waals surface area contributed by atoms with Gasteiger partial charge < -0.3 is 9.51 Å². The Bertz CT molecular complexity index is 985. The molecular weight excluding hydrogens is 346 g/mol. The molecule has 1 unspecified atom stereocenters. The van der Waals surface area contributed by atoms with Gasteiger partial charge in [0.15, 0.2) is 5.76 Å². The summed E-state index contributed by atoms with van der Waals surface area (Å²) in [4.78, 5) is 19.4. The van der Waals surface area contributed by atoms with E-state index in [0.29, 0.717) is 5.52 Å². The van der Waals surface area contributed by atoms with Crippen LogP contribution >= 0.6 is 0 Å². The number of amides is 1. The number of H-pyrrole nitrogens is 1. The number of aromatic amines is 1. The monoisotopic (exact) mass is 363 g/mol. The number of nitrogens with one attached hydrogen (secondary N) is 3. The topological polar surface area (TPSA) is 130 Å². The zero-order valence-corrected chi connectivity index (χ0v) is 14.6. The van der Waals surface area contributed by atoms with Gasteiger partial charge in [0.2, 0.25) is 21.9 Å². The molecule has 9 nitrogen and oxygen atoms in total. The minimum absolute atomic E-state index is 0.0594. The predicted molar refractivity (Wildman–Crippen MR) is 90.5 cm³/mol. The molecule has 0 spiro atoms. The highest BCUT2D eigenvalue weighted by atomic mass is 32.2. The van der Waals surface area contributed by atoms with E-state index in [1.54, 1.807) is 6.07 Å². The summed E-state index contributed by atoms with van der Waals surface area (Å²) in [6.45, 7) is 4.45. The lowest BCUT2D eigenvalue weighted by Gasteiger charge is -2.13. The van der Waals surface area contributed by atoms with Crippen molar-refractivity contribution in [3.8, 4) is 0 Å². The Morgan fingerprint density at radius 2 is 2.00 bits per heavy atom. The standard InChI is InChI=1S/C15H17N5O4S/c1-8-13(10(3)24-19-8)25(22,23)20-9(2)14(21)18-15-16-11-6-4-5-7-12(11)17-15/h4-7,9,20H,1-3H3,(H2,16,17,18,21). The molecule has 0 radical (unpaired) electrons. The average molecular weight is 363 g/mol. The molecule has 0 saturated carbocycles. The summed E-state index contributed by atoms with van der Waals surface area (Å²) in [5.74, 6) is -0.140. The highest BCUT2D eigenvalue weighted by Crippen LogP contribution is 2.19. The first-order valence-corrected chi connectivity index (χ1v) is 8.97. The molecule has 0 aliphatic rings.